The van der Waals surface area contributed by atoms with Crippen LogP contribution in [-0.4, -0.2) is 6.71 Å². The maximum absolute atomic E-state index is 2.54. The van der Waals surface area contributed by atoms with E-state index in [-0.39, 0.29) is 17.5 Å². The molecule has 0 atom stereocenters. The SMILES string of the molecule is CCc1cc2c3c(c1)N(c1ccc(C(C)(C)C)cc1)c1cccc4c1B3c1c-4cccc1N2c1ccc(C(C)(C)C)cc1. The number of aryl methyl sites for hydroxylation is 1. The second kappa shape index (κ2) is 8.89. The van der Waals surface area contributed by atoms with Gasteiger partial charge in [-0.3, -0.25) is 0 Å². The van der Waals surface area contributed by atoms with Gasteiger partial charge in [-0.1, -0.05) is 97.0 Å². The predicted octanol–water partition coefficient (Wildman–Crippen LogP) is 8.91. The largest absolute Gasteiger partial charge is 0.311 e. The van der Waals surface area contributed by atoms with Gasteiger partial charge in [-0.15, -0.1) is 0 Å². The molecule has 8 rings (SSSR count). The zero-order valence-corrected chi connectivity index (χ0v) is 26.4. The molecule has 5 aromatic rings. The van der Waals surface area contributed by atoms with Gasteiger partial charge in [0.25, 0.3) is 6.71 Å². The Morgan fingerprint density at radius 1 is 0.512 bits per heavy atom. The van der Waals surface area contributed by atoms with E-state index in [0.29, 0.717) is 0 Å². The summed E-state index contributed by atoms with van der Waals surface area (Å²) in [6.07, 6.45) is 0.984. The molecule has 3 heterocycles. The standard InChI is InChI=1S/C40H39BN2/c1-8-25-23-34-38-35(24-25)43(29-21-17-27(18-22-29)40(5,6)7)33-14-10-12-31-30-11-9-13-32(36(30)41(38)37(31)33)42(34)28-19-15-26(16-20-28)39(2,3)4/h9-24H,8H2,1-7H3. The van der Waals surface area contributed by atoms with Crippen LogP contribution in [0.3, 0.4) is 0 Å². The molecule has 43 heavy (non-hydrogen) atoms. The van der Waals surface area contributed by atoms with Crippen molar-refractivity contribution in [1.29, 1.82) is 0 Å². The van der Waals surface area contributed by atoms with E-state index in [0.717, 1.165) is 6.42 Å². The highest BCUT2D eigenvalue weighted by atomic mass is 15.2. The van der Waals surface area contributed by atoms with Gasteiger partial charge in [0.15, 0.2) is 0 Å². The number of hydrogen-bond donors (Lipinski definition) is 0. The third-order valence-corrected chi connectivity index (χ3v) is 9.87. The lowest BCUT2D eigenvalue weighted by Gasteiger charge is -2.43. The molecule has 0 spiro atoms. The number of hydrogen-bond acceptors (Lipinski definition) is 2. The normalized spacial score (nSPS) is 14.3. The lowest BCUT2D eigenvalue weighted by atomic mass is 9.35. The van der Waals surface area contributed by atoms with Crippen molar-refractivity contribution in [3.05, 3.63) is 114 Å². The van der Waals surface area contributed by atoms with Gasteiger partial charge < -0.3 is 9.80 Å². The summed E-state index contributed by atoms with van der Waals surface area (Å²) in [7, 11) is 0. The first-order valence-electron chi connectivity index (χ1n) is 15.8. The second-order valence-corrected chi connectivity index (χ2v) is 14.6. The first-order chi connectivity index (χ1) is 20.6. The molecule has 0 bridgehead atoms. The van der Waals surface area contributed by atoms with Crippen molar-refractivity contribution in [2.75, 3.05) is 9.80 Å². The molecule has 3 aliphatic heterocycles. The topological polar surface area (TPSA) is 6.48 Å². The van der Waals surface area contributed by atoms with E-state index in [9.17, 15) is 0 Å². The summed E-state index contributed by atoms with van der Waals surface area (Å²) in [6.45, 7) is 16.2. The quantitative estimate of drug-likeness (QED) is 0.200. The predicted molar refractivity (Wildman–Crippen MR) is 186 cm³/mol. The molecule has 2 nitrogen and oxygen atoms in total. The number of nitrogens with zero attached hydrogens (tertiary/aromatic N) is 2. The van der Waals surface area contributed by atoms with Gasteiger partial charge in [-0.05, 0) is 110 Å². The summed E-state index contributed by atoms with van der Waals surface area (Å²) in [5.41, 5.74) is 19.0. The zero-order chi connectivity index (χ0) is 29.8. The van der Waals surface area contributed by atoms with E-state index < -0.39 is 0 Å². The van der Waals surface area contributed by atoms with E-state index in [4.69, 9.17) is 0 Å². The maximum Gasteiger partial charge on any atom is 0.253 e. The van der Waals surface area contributed by atoms with Gasteiger partial charge in [0.2, 0.25) is 0 Å². The molecule has 0 radical (unpaired) electrons. The fraction of sp³-hybridized carbons (Fsp3) is 0.250. The van der Waals surface area contributed by atoms with E-state index in [1.807, 2.05) is 0 Å². The molecule has 0 unspecified atom stereocenters. The number of fused-ring (bicyclic) bond motifs is 1. The minimum Gasteiger partial charge on any atom is -0.311 e. The van der Waals surface area contributed by atoms with Gasteiger partial charge >= 0.3 is 0 Å². The highest BCUT2D eigenvalue weighted by molar-refractivity contribution is 7.03. The van der Waals surface area contributed by atoms with E-state index in [1.54, 1.807) is 0 Å². The van der Waals surface area contributed by atoms with E-state index in [1.165, 1.54) is 78.3 Å². The van der Waals surface area contributed by atoms with Gasteiger partial charge in [0.05, 0.1) is 0 Å². The first-order valence-corrected chi connectivity index (χ1v) is 15.8. The number of rotatable bonds is 3. The molecule has 0 saturated heterocycles. The average Bonchev–Trinajstić information content (AvgIpc) is 3.33. The fourth-order valence-electron chi connectivity index (χ4n) is 7.59. The molecule has 0 aromatic heterocycles. The Bertz CT molecular complexity index is 1780. The van der Waals surface area contributed by atoms with Crippen LogP contribution in [0.4, 0.5) is 34.1 Å². The van der Waals surface area contributed by atoms with Crippen LogP contribution >= 0.6 is 0 Å². The molecule has 5 aromatic carbocycles. The van der Waals surface area contributed by atoms with Crippen LogP contribution in [0.1, 0.15) is 65.2 Å². The van der Waals surface area contributed by atoms with Crippen LogP contribution in [-0.2, 0) is 17.3 Å². The molecule has 3 heteroatoms. The van der Waals surface area contributed by atoms with Crippen molar-refractivity contribution in [3.63, 3.8) is 0 Å². The van der Waals surface area contributed by atoms with Crippen molar-refractivity contribution < 1.29 is 0 Å². The molecule has 0 N–H and O–H groups in total. The monoisotopic (exact) mass is 558 g/mol. The highest BCUT2D eigenvalue weighted by Crippen LogP contribution is 2.48. The molecule has 0 saturated carbocycles. The van der Waals surface area contributed by atoms with Gasteiger partial charge in [-0.2, -0.15) is 0 Å². The minimum atomic E-state index is 0.113. The molecular formula is C40H39BN2. The Kier molecular flexibility index (Phi) is 5.46. The Hall–Kier alpha value is -4.24. The summed E-state index contributed by atoms with van der Waals surface area (Å²) in [5, 5.41) is 0. The Morgan fingerprint density at radius 3 is 1.30 bits per heavy atom. The van der Waals surface area contributed by atoms with E-state index >= 15 is 0 Å². The number of anilines is 6. The second-order valence-electron chi connectivity index (χ2n) is 14.6. The van der Waals surface area contributed by atoms with E-state index in [2.05, 4.69) is 155 Å². The fourth-order valence-corrected chi connectivity index (χ4v) is 7.59. The van der Waals surface area contributed by atoms with Crippen molar-refractivity contribution in [2.45, 2.75) is 65.7 Å². The summed E-state index contributed by atoms with van der Waals surface area (Å²) in [4.78, 5) is 5.08. The Labute approximate surface area is 257 Å². The molecule has 0 fully saturated rings. The Balaban J connectivity index is 1.43. The summed E-state index contributed by atoms with van der Waals surface area (Å²) < 4.78 is 0. The smallest absolute Gasteiger partial charge is 0.253 e. The van der Waals surface area contributed by atoms with Crippen LogP contribution in [0.15, 0.2) is 97.1 Å². The zero-order valence-electron chi connectivity index (χ0n) is 26.4. The van der Waals surface area contributed by atoms with Crippen molar-refractivity contribution in [3.8, 4) is 11.1 Å². The first kappa shape index (κ1) is 26.4. The van der Waals surface area contributed by atoms with Gasteiger partial charge in [0.1, 0.15) is 0 Å². The molecule has 0 aliphatic carbocycles. The molecule has 3 aliphatic rings. The third-order valence-electron chi connectivity index (χ3n) is 9.87. The van der Waals surface area contributed by atoms with Crippen LogP contribution in [0, 0.1) is 0 Å². The van der Waals surface area contributed by atoms with Gasteiger partial charge in [0, 0.05) is 34.1 Å². The average molecular weight is 559 g/mol. The Morgan fingerprint density at radius 2 is 0.930 bits per heavy atom. The van der Waals surface area contributed by atoms with Crippen molar-refractivity contribution in [1.82, 2.24) is 0 Å². The molecular weight excluding hydrogens is 519 g/mol. The van der Waals surface area contributed by atoms with Crippen LogP contribution in [0.2, 0.25) is 0 Å². The summed E-state index contributed by atoms with van der Waals surface area (Å²) in [6, 6.07) is 37.3. The molecule has 0 amide bonds. The number of benzene rings is 5. The van der Waals surface area contributed by atoms with Crippen molar-refractivity contribution >= 4 is 57.2 Å². The summed E-state index contributed by atoms with van der Waals surface area (Å²) in [5.74, 6) is 0. The minimum absolute atomic E-state index is 0.113. The maximum atomic E-state index is 2.54. The van der Waals surface area contributed by atoms with Crippen molar-refractivity contribution in [2.24, 2.45) is 0 Å². The van der Waals surface area contributed by atoms with Crippen LogP contribution in [0.25, 0.3) is 11.1 Å². The summed E-state index contributed by atoms with van der Waals surface area (Å²) >= 11 is 0. The van der Waals surface area contributed by atoms with Crippen LogP contribution in [0.5, 0.6) is 0 Å². The van der Waals surface area contributed by atoms with Gasteiger partial charge in [-0.25, -0.2) is 0 Å². The lowest BCUT2D eigenvalue weighted by molar-refractivity contribution is 0.590. The van der Waals surface area contributed by atoms with Crippen LogP contribution < -0.4 is 26.2 Å². The third kappa shape index (κ3) is 3.73. The highest BCUT2D eigenvalue weighted by Gasteiger charge is 2.48. The molecule has 212 valence electrons. The lowest BCUT2D eigenvalue weighted by Crippen LogP contribution is -2.59.